The Morgan fingerprint density at radius 2 is 1.87 bits per heavy atom. The van der Waals surface area contributed by atoms with Gasteiger partial charge in [-0.3, -0.25) is 4.90 Å². The fourth-order valence-electron chi connectivity index (χ4n) is 2.81. The Hall–Kier alpha value is -2.24. The van der Waals surface area contributed by atoms with Gasteiger partial charge in [0.1, 0.15) is 5.82 Å². The Labute approximate surface area is 134 Å². The number of rotatable bonds is 4. The molecule has 0 aliphatic carbocycles. The van der Waals surface area contributed by atoms with Crippen LogP contribution in [0.1, 0.15) is 27.5 Å². The van der Waals surface area contributed by atoms with Crippen LogP contribution < -0.4 is 0 Å². The molecule has 0 saturated carbocycles. The third kappa shape index (κ3) is 3.75. The van der Waals surface area contributed by atoms with E-state index >= 15 is 0 Å². The molecule has 0 radical (unpaired) electrons. The van der Waals surface area contributed by atoms with E-state index in [1.54, 1.807) is 24.3 Å². The predicted octanol–water partition coefficient (Wildman–Crippen LogP) is 3.10. The van der Waals surface area contributed by atoms with Crippen LogP contribution in [-0.4, -0.2) is 35.7 Å². The summed E-state index contributed by atoms with van der Waals surface area (Å²) in [5.74, 6) is -1.17. The second kappa shape index (κ2) is 6.89. The van der Waals surface area contributed by atoms with E-state index in [1.165, 1.54) is 12.1 Å². The standard InChI is InChI=1S/C18H18FNO3/c19-16-7-5-14(6-8-16)17-12-23-10-9-20(17)11-13-1-3-15(4-2-13)18(21)22/h1-8,17H,9-12H2,(H,21,22). The second-order valence-electron chi connectivity index (χ2n) is 5.61. The number of benzene rings is 2. The lowest BCUT2D eigenvalue weighted by Gasteiger charge is -2.36. The summed E-state index contributed by atoms with van der Waals surface area (Å²) in [5.41, 5.74) is 2.35. The first-order valence-electron chi connectivity index (χ1n) is 7.53. The van der Waals surface area contributed by atoms with Crippen LogP contribution in [0.2, 0.25) is 0 Å². The molecule has 0 amide bonds. The lowest BCUT2D eigenvalue weighted by molar-refractivity contribution is -0.0127. The maximum atomic E-state index is 13.1. The molecule has 1 aliphatic heterocycles. The monoisotopic (exact) mass is 315 g/mol. The molecule has 1 fully saturated rings. The number of morpholine rings is 1. The van der Waals surface area contributed by atoms with Gasteiger partial charge in [-0.15, -0.1) is 0 Å². The molecule has 120 valence electrons. The normalized spacial score (nSPS) is 18.7. The highest BCUT2D eigenvalue weighted by molar-refractivity contribution is 5.87. The van der Waals surface area contributed by atoms with Gasteiger partial charge in [-0.05, 0) is 35.4 Å². The molecule has 1 unspecified atom stereocenters. The number of aromatic carboxylic acids is 1. The fourth-order valence-corrected chi connectivity index (χ4v) is 2.81. The molecule has 0 aromatic heterocycles. The van der Waals surface area contributed by atoms with Gasteiger partial charge >= 0.3 is 5.97 Å². The van der Waals surface area contributed by atoms with Gasteiger partial charge in [-0.2, -0.15) is 0 Å². The number of ether oxygens (including phenoxy) is 1. The maximum Gasteiger partial charge on any atom is 0.335 e. The van der Waals surface area contributed by atoms with E-state index in [1.807, 2.05) is 12.1 Å². The molecule has 0 spiro atoms. The van der Waals surface area contributed by atoms with E-state index in [9.17, 15) is 9.18 Å². The van der Waals surface area contributed by atoms with Crippen LogP contribution in [0.15, 0.2) is 48.5 Å². The van der Waals surface area contributed by atoms with Gasteiger partial charge in [-0.25, -0.2) is 9.18 Å². The summed E-state index contributed by atoms with van der Waals surface area (Å²) in [6, 6.07) is 13.5. The molecule has 2 aromatic rings. The van der Waals surface area contributed by atoms with Crippen molar-refractivity contribution >= 4 is 5.97 Å². The number of carboxylic acid groups (broad SMARTS) is 1. The number of halogens is 1. The first-order valence-corrected chi connectivity index (χ1v) is 7.53. The molecular weight excluding hydrogens is 297 g/mol. The number of nitrogens with zero attached hydrogens (tertiary/aromatic N) is 1. The summed E-state index contributed by atoms with van der Waals surface area (Å²) in [6.45, 7) is 2.71. The Morgan fingerprint density at radius 3 is 2.52 bits per heavy atom. The molecular formula is C18H18FNO3. The van der Waals surface area contributed by atoms with Crippen molar-refractivity contribution in [3.05, 3.63) is 71.0 Å². The fraction of sp³-hybridized carbons (Fsp3) is 0.278. The highest BCUT2D eigenvalue weighted by Crippen LogP contribution is 2.26. The van der Waals surface area contributed by atoms with Gasteiger partial charge < -0.3 is 9.84 Å². The Bertz CT molecular complexity index is 670. The molecule has 2 aromatic carbocycles. The number of carboxylic acids is 1. The van der Waals surface area contributed by atoms with Crippen molar-refractivity contribution in [3.8, 4) is 0 Å². The third-order valence-corrected chi connectivity index (χ3v) is 4.08. The highest BCUT2D eigenvalue weighted by Gasteiger charge is 2.24. The third-order valence-electron chi connectivity index (χ3n) is 4.08. The number of hydrogen-bond donors (Lipinski definition) is 1. The molecule has 1 heterocycles. The van der Waals surface area contributed by atoms with Crippen molar-refractivity contribution in [1.29, 1.82) is 0 Å². The smallest absolute Gasteiger partial charge is 0.335 e. The van der Waals surface area contributed by atoms with E-state index in [-0.39, 0.29) is 17.4 Å². The molecule has 1 N–H and O–H groups in total. The second-order valence-corrected chi connectivity index (χ2v) is 5.61. The van der Waals surface area contributed by atoms with E-state index < -0.39 is 5.97 Å². The van der Waals surface area contributed by atoms with Gasteiger partial charge in [-0.1, -0.05) is 24.3 Å². The Balaban J connectivity index is 1.76. The van der Waals surface area contributed by atoms with Crippen molar-refractivity contribution in [2.24, 2.45) is 0 Å². The molecule has 1 aliphatic rings. The maximum absolute atomic E-state index is 13.1. The largest absolute Gasteiger partial charge is 0.478 e. The minimum atomic E-state index is -0.924. The minimum absolute atomic E-state index is 0.0727. The van der Waals surface area contributed by atoms with E-state index in [2.05, 4.69) is 4.90 Å². The van der Waals surface area contributed by atoms with Crippen LogP contribution in [0.4, 0.5) is 4.39 Å². The van der Waals surface area contributed by atoms with Crippen LogP contribution in [0.3, 0.4) is 0 Å². The van der Waals surface area contributed by atoms with Crippen molar-refractivity contribution in [1.82, 2.24) is 4.90 Å². The lowest BCUT2D eigenvalue weighted by Crippen LogP contribution is -2.39. The van der Waals surface area contributed by atoms with Crippen molar-refractivity contribution in [2.75, 3.05) is 19.8 Å². The Kier molecular flexibility index (Phi) is 4.69. The molecule has 5 heteroatoms. The lowest BCUT2D eigenvalue weighted by atomic mass is 10.0. The van der Waals surface area contributed by atoms with E-state index in [4.69, 9.17) is 9.84 Å². The SMILES string of the molecule is O=C(O)c1ccc(CN2CCOCC2c2ccc(F)cc2)cc1. The summed E-state index contributed by atoms with van der Waals surface area (Å²) >= 11 is 0. The molecule has 0 bridgehead atoms. The quantitative estimate of drug-likeness (QED) is 0.942. The van der Waals surface area contributed by atoms with Gasteiger partial charge in [0.2, 0.25) is 0 Å². The molecule has 1 atom stereocenters. The summed E-state index contributed by atoms with van der Waals surface area (Å²) in [4.78, 5) is 13.2. The average Bonchev–Trinajstić information content (AvgIpc) is 2.57. The molecule has 23 heavy (non-hydrogen) atoms. The van der Waals surface area contributed by atoms with Crippen LogP contribution in [0.25, 0.3) is 0 Å². The van der Waals surface area contributed by atoms with Crippen LogP contribution in [0, 0.1) is 5.82 Å². The average molecular weight is 315 g/mol. The van der Waals surface area contributed by atoms with Crippen molar-refractivity contribution in [3.63, 3.8) is 0 Å². The first kappa shape index (κ1) is 15.6. The van der Waals surface area contributed by atoms with Gasteiger partial charge in [0, 0.05) is 13.1 Å². The number of carbonyl (C=O) groups is 1. The summed E-state index contributed by atoms with van der Waals surface area (Å²) in [6.07, 6.45) is 0. The van der Waals surface area contributed by atoms with E-state index in [0.717, 1.165) is 17.7 Å². The zero-order valence-corrected chi connectivity index (χ0v) is 12.6. The van der Waals surface area contributed by atoms with Crippen LogP contribution in [0.5, 0.6) is 0 Å². The molecule has 1 saturated heterocycles. The van der Waals surface area contributed by atoms with Crippen molar-refractivity contribution in [2.45, 2.75) is 12.6 Å². The summed E-state index contributed by atoms with van der Waals surface area (Å²) in [5, 5.41) is 8.95. The topological polar surface area (TPSA) is 49.8 Å². The van der Waals surface area contributed by atoms with Gasteiger partial charge in [0.25, 0.3) is 0 Å². The zero-order valence-electron chi connectivity index (χ0n) is 12.6. The van der Waals surface area contributed by atoms with Crippen LogP contribution in [-0.2, 0) is 11.3 Å². The van der Waals surface area contributed by atoms with E-state index in [0.29, 0.717) is 19.8 Å². The number of hydrogen-bond acceptors (Lipinski definition) is 3. The highest BCUT2D eigenvalue weighted by atomic mass is 19.1. The predicted molar refractivity (Wildman–Crippen MR) is 83.8 cm³/mol. The van der Waals surface area contributed by atoms with Gasteiger partial charge in [0.05, 0.1) is 24.8 Å². The molecule has 3 rings (SSSR count). The zero-order chi connectivity index (χ0) is 16.2. The van der Waals surface area contributed by atoms with Crippen LogP contribution >= 0.6 is 0 Å². The van der Waals surface area contributed by atoms with Crippen molar-refractivity contribution < 1.29 is 19.0 Å². The van der Waals surface area contributed by atoms with Gasteiger partial charge in [0.15, 0.2) is 0 Å². The summed E-state index contributed by atoms with van der Waals surface area (Å²) < 4.78 is 18.7. The first-order chi connectivity index (χ1) is 11.1. The Morgan fingerprint density at radius 1 is 1.17 bits per heavy atom. The minimum Gasteiger partial charge on any atom is -0.478 e. The molecule has 4 nitrogen and oxygen atoms in total. The summed E-state index contributed by atoms with van der Waals surface area (Å²) in [7, 11) is 0.